The van der Waals surface area contributed by atoms with Crippen molar-refractivity contribution in [1.82, 2.24) is 9.80 Å². The molecular formula is C31H35BFN3O3. The van der Waals surface area contributed by atoms with E-state index in [1.165, 1.54) is 13.2 Å². The standard InChI is InChI=1S/C31H35BFN3O3/c1-6-24-19-28(30(37)36-15-9-7-8-10-21(36)3)34-29(35(24)4)16-20(2)25-12-11-22(18-27(25)33)23-13-14-32-26(17-23)31(38)39-5/h11-14,16-19,21H,2,6-10,15H2,1,3-5H3/b29-16-. The molecule has 1 fully saturated rings. The van der Waals surface area contributed by atoms with E-state index in [-0.39, 0.29) is 11.9 Å². The van der Waals surface area contributed by atoms with Crippen molar-refractivity contribution in [1.29, 1.82) is 0 Å². The number of benzene rings is 1. The Bertz CT molecular complexity index is 1380. The second-order valence-electron chi connectivity index (χ2n) is 10.0. The van der Waals surface area contributed by atoms with Crippen LogP contribution in [0.1, 0.15) is 61.8 Å². The van der Waals surface area contributed by atoms with Gasteiger partial charge in [-0.05, 0) is 32.3 Å². The van der Waals surface area contributed by atoms with Crippen molar-refractivity contribution in [3.05, 3.63) is 83.4 Å². The number of rotatable bonds is 6. The Morgan fingerprint density at radius 3 is 2.69 bits per heavy atom. The molecule has 6 nitrogen and oxygen atoms in total. The van der Waals surface area contributed by atoms with E-state index in [1.54, 1.807) is 37.1 Å². The van der Waals surface area contributed by atoms with Gasteiger partial charge in [-0.25, -0.2) is 0 Å². The minimum absolute atomic E-state index is 0.0651. The van der Waals surface area contributed by atoms with Gasteiger partial charge < -0.3 is 4.90 Å². The van der Waals surface area contributed by atoms with Gasteiger partial charge in [0, 0.05) is 12.6 Å². The SMILES string of the molecule is C=C(/C=C1/N=C(C(=O)N2CCCCCC2C)C=C(CC)N1C)c1ccc(-c2ccbc(C(=O)OC)c2)cc1F. The van der Waals surface area contributed by atoms with Crippen LogP contribution in [-0.4, -0.2) is 61.0 Å². The van der Waals surface area contributed by atoms with Crippen LogP contribution in [0.25, 0.3) is 16.7 Å². The van der Waals surface area contributed by atoms with E-state index < -0.39 is 11.8 Å². The molecule has 1 atom stereocenters. The Kier molecular flexibility index (Phi) is 8.95. The number of hydrogen-bond donors (Lipinski definition) is 0. The number of nitrogens with zero attached hydrogens (tertiary/aromatic N) is 3. The molecule has 0 bridgehead atoms. The first kappa shape index (κ1) is 28.2. The van der Waals surface area contributed by atoms with Crippen molar-refractivity contribution in [2.45, 2.75) is 52.0 Å². The Hall–Kier alpha value is -3.81. The molecule has 8 heteroatoms. The number of halogens is 1. The molecule has 1 aromatic heterocycles. The van der Waals surface area contributed by atoms with E-state index in [0.29, 0.717) is 39.3 Å². The fourth-order valence-corrected chi connectivity index (χ4v) is 5.07. The zero-order valence-corrected chi connectivity index (χ0v) is 23.2. The van der Waals surface area contributed by atoms with Crippen molar-refractivity contribution >= 4 is 30.1 Å². The summed E-state index contributed by atoms with van der Waals surface area (Å²) in [6.07, 6.45) is 8.54. The van der Waals surface area contributed by atoms with E-state index in [2.05, 4.69) is 13.5 Å². The number of amides is 1. The van der Waals surface area contributed by atoms with Gasteiger partial charge in [0.25, 0.3) is 5.91 Å². The molecule has 39 heavy (non-hydrogen) atoms. The molecule has 0 N–H and O–H groups in total. The first-order chi connectivity index (χ1) is 18.7. The van der Waals surface area contributed by atoms with Gasteiger partial charge in [-0.2, -0.15) is 0 Å². The molecule has 2 aromatic rings. The fourth-order valence-electron chi connectivity index (χ4n) is 5.07. The molecule has 0 aliphatic carbocycles. The zero-order valence-electron chi connectivity index (χ0n) is 23.2. The third kappa shape index (κ3) is 6.27. The van der Waals surface area contributed by atoms with Crippen LogP contribution < -0.4 is 0 Å². The zero-order chi connectivity index (χ0) is 28.1. The van der Waals surface area contributed by atoms with Crippen molar-refractivity contribution in [3.8, 4) is 11.1 Å². The van der Waals surface area contributed by atoms with Crippen LogP contribution in [0.4, 0.5) is 4.39 Å². The van der Waals surface area contributed by atoms with Crippen LogP contribution in [0.5, 0.6) is 0 Å². The van der Waals surface area contributed by atoms with Crippen LogP contribution >= 0.6 is 0 Å². The van der Waals surface area contributed by atoms with Gasteiger partial charge in [0.05, 0.1) is 0 Å². The molecule has 1 aromatic carbocycles. The molecular weight excluding hydrogens is 492 g/mol. The monoisotopic (exact) mass is 527 g/mol. The molecule has 0 radical (unpaired) electrons. The predicted octanol–water partition coefficient (Wildman–Crippen LogP) is 5.94. The van der Waals surface area contributed by atoms with Gasteiger partial charge >= 0.3 is 151 Å². The van der Waals surface area contributed by atoms with Gasteiger partial charge in [0.15, 0.2) is 0 Å². The maximum absolute atomic E-state index is 15.3. The third-order valence-electron chi connectivity index (χ3n) is 7.44. The average molecular weight is 527 g/mol. The molecule has 0 saturated carbocycles. The van der Waals surface area contributed by atoms with Crippen molar-refractivity contribution in [2.24, 2.45) is 4.99 Å². The van der Waals surface area contributed by atoms with Crippen molar-refractivity contribution in [3.63, 3.8) is 0 Å². The van der Waals surface area contributed by atoms with Gasteiger partial charge in [-0.3, -0.25) is 4.79 Å². The quantitative estimate of drug-likeness (QED) is 0.436. The van der Waals surface area contributed by atoms with Gasteiger partial charge in [-0.15, -0.1) is 0 Å². The number of hydrogen-bond acceptors (Lipinski definition) is 5. The molecule has 0 spiro atoms. The number of allylic oxidation sites excluding steroid dienone is 3. The molecule has 1 amide bonds. The molecule has 202 valence electrons. The fraction of sp³-hybridized carbons (Fsp3) is 0.355. The Labute approximate surface area is 230 Å². The number of aliphatic imine (C=N–C) groups is 1. The summed E-state index contributed by atoms with van der Waals surface area (Å²) < 4.78 is 20.1. The van der Waals surface area contributed by atoms with Gasteiger partial charge in [-0.1, -0.05) is 19.8 Å². The number of carbonyl (C=O) groups excluding carboxylic acids is 2. The molecule has 1 unspecified atom stereocenters. The first-order valence-corrected chi connectivity index (χ1v) is 13.5. The van der Waals surface area contributed by atoms with E-state index >= 15 is 4.39 Å². The van der Waals surface area contributed by atoms with E-state index in [0.717, 1.165) is 44.3 Å². The van der Waals surface area contributed by atoms with Crippen molar-refractivity contribution < 1.29 is 18.7 Å². The second kappa shape index (κ2) is 12.4. The summed E-state index contributed by atoms with van der Waals surface area (Å²) >= 11 is 0. The van der Waals surface area contributed by atoms with Crippen LogP contribution in [0.2, 0.25) is 0 Å². The summed E-state index contributed by atoms with van der Waals surface area (Å²) in [4.78, 5) is 33.9. The molecule has 3 heterocycles. The Morgan fingerprint density at radius 1 is 1.21 bits per heavy atom. The number of esters is 1. The summed E-state index contributed by atoms with van der Waals surface area (Å²) in [7, 11) is 3.21. The van der Waals surface area contributed by atoms with Gasteiger partial charge in [0.2, 0.25) is 0 Å². The number of ether oxygens (including phenoxy) is 1. The van der Waals surface area contributed by atoms with E-state index in [9.17, 15) is 9.59 Å². The molecule has 2 aliphatic heterocycles. The second-order valence-corrected chi connectivity index (χ2v) is 10.0. The summed E-state index contributed by atoms with van der Waals surface area (Å²) in [5.74, 6) is 1.32. The Balaban J connectivity index is 1.62. The topological polar surface area (TPSA) is 62.2 Å². The number of likely N-dealkylation sites (tertiary alicyclic amines) is 1. The summed E-state index contributed by atoms with van der Waals surface area (Å²) in [5, 5.41) is 0. The van der Waals surface area contributed by atoms with Crippen LogP contribution in [-0.2, 0) is 9.53 Å². The normalized spacial score (nSPS) is 18.7. The molecule has 4 rings (SSSR count). The van der Waals surface area contributed by atoms with Gasteiger partial charge in [0.1, 0.15) is 0 Å². The summed E-state index contributed by atoms with van der Waals surface area (Å²) in [6, 6.07) is 8.54. The predicted molar refractivity (Wildman–Crippen MR) is 155 cm³/mol. The van der Waals surface area contributed by atoms with Crippen molar-refractivity contribution in [2.75, 3.05) is 20.7 Å². The molecule has 1 saturated heterocycles. The van der Waals surface area contributed by atoms with E-state index in [1.807, 2.05) is 35.9 Å². The van der Waals surface area contributed by atoms with E-state index in [4.69, 9.17) is 9.73 Å². The minimum atomic E-state index is -0.449. The first-order valence-electron chi connectivity index (χ1n) is 13.5. The summed E-state index contributed by atoms with van der Waals surface area (Å²) in [6.45, 7) is 10.6. The van der Waals surface area contributed by atoms with Crippen LogP contribution in [0.3, 0.4) is 0 Å². The van der Waals surface area contributed by atoms with Crippen LogP contribution in [0.15, 0.2) is 71.5 Å². The molecule has 2 aliphatic rings. The number of carbonyl (C=O) groups is 2. The summed E-state index contributed by atoms with van der Waals surface area (Å²) in [5.41, 5.74) is 3.86. The number of methoxy groups -OCH3 is 1. The van der Waals surface area contributed by atoms with Crippen LogP contribution in [0, 0.1) is 5.82 Å². The maximum atomic E-state index is 15.3. The third-order valence-corrected chi connectivity index (χ3v) is 7.44. The average Bonchev–Trinajstić information content (AvgIpc) is 3.17. The Morgan fingerprint density at radius 2 is 1.97 bits per heavy atom.